The van der Waals surface area contributed by atoms with Crippen molar-refractivity contribution < 1.29 is 19.1 Å². The van der Waals surface area contributed by atoms with E-state index in [4.69, 9.17) is 4.74 Å². The average Bonchev–Trinajstić information content (AvgIpc) is 3.23. The molecule has 10 heteroatoms. The number of para-hydroxylation sites is 2. The summed E-state index contributed by atoms with van der Waals surface area (Å²) < 4.78 is 13.3. The summed E-state index contributed by atoms with van der Waals surface area (Å²) in [6.07, 6.45) is 0. The minimum absolute atomic E-state index is 0.155. The molecule has 5 rings (SSSR count). The first-order chi connectivity index (χ1) is 17.9. The van der Waals surface area contributed by atoms with Crippen LogP contribution in [0.3, 0.4) is 0 Å². The monoisotopic (exact) mass is 497 g/mol. The first-order valence-electron chi connectivity index (χ1n) is 11.5. The lowest BCUT2D eigenvalue weighted by molar-refractivity contribution is -0.117. The van der Waals surface area contributed by atoms with E-state index in [0.717, 1.165) is 15.8 Å². The molecule has 0 atom stereocenters. The topological polar surface area (TPSA) is 117 Å². The molecule has 1 N–H and O–H groups in total. The summed E-state index contributed by atoms with van der Waals surface area (Å²) in [4.78, 5) is 42.3. The quantitative estimate of drug-likeness (QED) is 0.354. The van der Waals surface area contributed by atoms with Crippen molar-refractivity contribution in [2.24, 2.45) is 0 Å². The van der Waals surface area contributed by atoms with Crippen LogP contribution in [0.1, 0.15) is 21.5 Å². The molecule has 0 saturated heterocycles. The van der Waals surface area contributed by atoms with E-state index in [2.05, 4.69) is 20.1 Å². The third-order valence-corrected chi connectivity index (χ3v) is 6.02. The summed E-state index contributed by atoms with van der Waals surface area (Å²) in [5.74, 6) is -0.193. The van der Waals surface area contributed by atoms with Crippen molar-refractivity contribution in [1.29, 1.82) is 0 Å². The molecule has 0 saturated carbocycles. The number of aromatic nitrogens is 4. The van der Waals surface area contributed by atoms with Crippen molar-refractivity contribution in [2.45, 2.75) is 20.4 Å². The zero-order chi connectivity index (χ0) is 26.1. The molecule has 5 aromatic rings. The van der Waals surface area contributed by atoms with Crippen molar-refractivity contribution >= 4 is 34.2 Å². The predicted octanol–water partition coefficient (Wildman–Crippen LogP) is 3.88. The fourth-order valence-electron chi connectivity index (χ4n) is 3.92. The molecule has 1 amide bonds. The maximum atomic E-state index is 13.4. The fourth-order valence-corrected chi connectivity index (χ4v) is 3.92. The molecule has 2 aromatic heterocycles. The van der Waals surface area contributed by atoms with Crippen molar-refractivity contribution in [3.05, 3.63) is 93.9 Å². The van der Waals surface area contributed by atoms with Gasteiger partial charge in [-0.2, -0.15) is 0 Å². The highest BCUT2D eigenvalue weighted by Crippen LogP contribution is 2.29. The van der Waals surface area contributed by atoms with Crippen molar-refractivity contribution in [1.82, 2.24) is 19.2 Å². The standard InChI is InChI=1S/C27H23N5O5/c1-16-7-6-10-22(17(16)2)37-25-24-30-31(27(35)32(24)21-9-5-4-8-20(21)29-25)15-23(33)28-19-13-11-18(12-14-19)26(34)36-3/h4-14H,15H2,1-3H3,(H,28,33). The summed E-state index contributed by atoms with van der Waals surface area (Å²) in [6, 6.07) is 19.0. The van der Waals surface area contributed by atoms with E-state index in [9.17, 15) is 14.4 Å². The van der Waals surface area contributed by atoms with E-state index in [1.165, 1.54) is 23.6 Å². The van der Waals surface area contributed by atoms with Crippen LogP contribution in [0.4, 0.5) is 5.69 Å². The molecular formula is C27H23N5O5. The summed E-state index contributed by atoms with van der Waals surface area (Å²) in [7, 11) is 1.29. The number of methoxy groups -OCH3 is 1. The van der Waals surface area contributed by atoms with Crippen LogP contribution >= 0.6 is 0 Å². The lowest BCUT2D eigenvalue weighted by Crippen LogP contribution is -2.28. The molecule has 0 aliphatic heterocycles. The number of carbonyl (C=O) groups is 2. The average molecular weight is 498 g/mol. The number of anilines is 1. The van der Waals surface area contributed by atoms with Crippen LogP contribution < -0.4 is 15.7 Å². The maximum Gasteiger partial charge on any atom is 0.351 e. The normalized spacial score (nSPS) is 11.0. The van der Waals surface area contributed by atoms with Crippen LogP contribution in [0.15, 0.2) is 71.5 Å². The van der Waals surface area contributed by atoms with Gasteiger partial charge >= 0.3 is 11.7 Å². The number of esters is 1. The van der Waals surface area contributed by atoms with Crippen molar-refractivity contribution in [3.8, 4) is 11.6 Å². The predicted molar refractivity (Wildman–Crippen MR) is 137 cm³/mol. The highest BCUT2D eigenvalue weighted by Gasteiger charge is 2.20. The second kappa shape index (κ2) is 9.57. The molecule has 0 radical (unpaired) electrons. The van der Waals surface area contributed by atoms with E-state index < -0.39 is 17.6 Å². The fraction of sp³-hybridized carbons (Fsp3) is 0.148. The second-order valence-electron chi connectivity index (χ2n) is 8.42. The number of ether oxygens (including phenoxy) is 2. The van der Waals surface area contributed by atoms with Crippen molar-refractivity contribution in [3.63, 3.8) is 0 Å². The van der Waals surface area contributed by atoms with Crippen LogP contribution in [0, 0.1) is 13.8 Å². The summed E-state index contributed by atoms with van der Waals surface area (Å²) in [6.45, 7) is 3.58. The number of carbonyl (C=O) groups excluding carboxylic acids is 2. The number of rotatable bonds is 6. The number of hydrogen-bond acceptors (Lipinski definition) is 7. The van der Waals surface area contributed by atoms with Gasteiger partial charge in [0.25, 0.3) is 5.88 Å². The SMILES string of the molecule is COC(=O)c1ccc(NC(=O)Cn2nc3c(Oc4cccc(C)c4C)nc4ccccc4n3c2=O)cc1. The van der Waals surface area contributed by atoms with Gasteiger partial charge in [0.15, 0.2) is 0 Å². The number of fused-ring (bicyclic) bond motifs is 3. The van der Waals surface area contributed by atoms with Gasteiger partial charge in [0.1, 0.15) is 12.3 Å². The molecule has 0 bridgehead atoms. The Morgan fingerprint density at radius 3 is 2.49 bits per heavy atom. The Hall–Kier alpha value is -4.99. The van der Waals surface area contributed by atoms with E-state index in [1.807, 2.05) is 38.1 Å². The van der Waals surface area contributed by atoms with E-state index in [0.29, 0.717) is 28.0 Å². The van der Waals surface area contributed by atoms with Crippen molar-refractivity contribution in [2.75, 3.05) is 12.4 Å². The number of nitrogens with one attached hydrogen (secondary N) is 1. The van der Waals surface area contributed by atoms with Gasteiger partial charge in [-0.3, -0.25) is 4.79 Å². The number of aryl methyl sites for hydroxylation is 1. The summed E-state index contributed by atoms with van der Waals surface area (Å²) >= 11 is 0. The van der Waals surface area contributed by atoms with Gasteiger partial charge in [0, 0.05) is 5.69 Å². The molecular weight excluding hydrogens is 474 g/mol. The Balaban J connectivity index is 1.50. The number of amides is 1. The minimum atomic E-state index is -0.504. The number of nitrogens with zero attached hydrogens (tertiary/aromatic N) is 4. The molecule has 186 valence electrons. The molecule has 0 aliphatic rings. The molecule has 0 fully saturated rings. The first kappa shape index (κ1) is 23.7. The van der Waals surface area contributed by atoms with Crippen LogP contribution in [-0.4, -0.2) is 38.2 Å². The Morgan fingerprint density at radius 1 is 0.973 bits per heavy atom. The zero-order valence-electron chi connectivity index (χ0n) is 20.4. The number of benzene rings is 3. The Bertz CT molecular complexity index is 1720. The van der Waals surface area contributed by atoms with Gasteiger partial charge in [-0.1, -0.05) is 24.3 Å². The molecule has 0 aliphatic carbocycles. The summed E-state index contributed by atoms with van der Waals surface area (Å²) in [5, 5.41) is 7.10. The Labute approximate surface area is 211 Å². The molecule has 0 spiro atoms. The van der Waals surface area contributed by atoms with Crippen LogP contribution in [-0.2, 0) is 16.1 Å². The molecule has 10 nitrogen and oxygen atoms in total. The Morgan fingerprint density at radius 2 is 1.73 bits per heavy atom. The third-order valence-electron chi connectivity index (χ3n) is 6.02. The van der Waals surface area contributed by atoms with Gasteiger partial charge in [0.2, 0.25) is 11.6 Å². The van der Waals surface area contributed by atoms with Gasteiger partial charge < -0.3 is 14.8 Å². The highest BCUT2D eigenvalue weighted by atomic mass is 16.5. The van der Waals surface area contributed by atoms with Crippen LogP contribution in [0.5, 0.6) is 11.6 Å². The largest absolute Gasteiger partial charge is 0.465 e. The van der Waals surface area contributed by atoms with Gasteiger partial charge in [-0.15, -0.1) is 5.10 Å². The van der Waals surface area contributed by atoms with Crippen LogP contribution in [0.2, 0.25) is 0 Å². The van der Waals surface area contributed by atoms with E-state index in [1.54, 1.807) is 30.3 Å². The molecule has 0 unspecified atom stereocenters. The van der Waals surface area contributed by atoms with Gasteiger partial charge in [-0.25, -0.2) is 23.7 Å². The lowest BCUT2D eigenvalue weighted by Gasteiger charge is -2.11. The minimum Gasteiger partial charge on any atom is -0.465 e. The van der Waals surface area contributed by atoms with Crippen LogP contribution in [0.25, 0.3) is 16.7 Å². The Kier molecular flexibility index (Phi) is 6.14. The smallest absolute Gasteiger partial charge is 0.351 e. The lowest BCUT2D eigenvalue weighted by atomic mass is 10.1. The third kappa shape index (κ3) is 4.52. The van der Waals surface area contributed by atoms with E-state index >= 15 is 0 Å². The first-order valence-corrected chi connectivity index (χ1v) is 11.5. The highest BCUT2D eigenvalue weighted by molar-refractivity contribution is 5.93. The maximum absolute atomic E-state index is 13.4. The second-order valence-corrected chi connectivity index (χ2v) is 8.42. The van der Waals surface area contributed by atoms with E-state index in [-0.39, 0.29) is 18.1 Å². The number of hydrogen-bond donors (Lipinski definition) is 1. The van der Waals surface area contributed by atoms with Gasteiger partial charge in [-0.05, 0) is 67.4 Å². The molecule has 3 aromatic carbocycles. The molecule has 37 heavy (non-hydrogen) atoms. The summed E-state index contributed by atoms with van der Waals surface area (Å²) in [5.41, 5.74) is 3.58. The molecule has 2 heterocycles. The van der Waals surface area contributed by atoms with Gasteiger partial charge in [0.05, 0.1) is 23.7 Å². The zero-order valence-corrected chi connectivity index (χ0v) is 20.4.